The van der Waals surface area contributed by atoms with Crippen LogP contribution >= 0.6 is 0 Å². The van der Waals surface area contributed by atoms with Crippen LogP contribution in [0.3, 0.4) is 0 Å². The molecule has 1 fully saturated rings. The molecule has 1 unspecified atom stereocenters. The van der Waals surface area contributed by atoms with Crippen molar-refractivity contribution in [1.82, 2.24) is 4.90 Å². The summed E-state index contributed by atoms with van der Waals surface area (Å²) < 4.78 is 43.9. The van der Waals surface area contributed by atoms with Crippen molar-refractivity contribution in [2.45, 2.75) is 12.3 Å². The number of alkyl halides is 3. The molecule has 1 heterocycles. The Hall–Kier alpha value is -2.60. The van der Waals surface area contributed by atoms with Crippen molar-refractivity contribution in [2.24, 2.45) is 0 Å². The van der Waals surface area contributed by atoms with E-state index >= 15 is 0 Å². The fraction of sp³-hybridized carbons (Fsp3) is 0.250. The number of fused-ring (bicyclic) bond motifs is 2. The molecule has 0 saturated carbocycles. The molecule has 0 radical (unpaired) electrons. The zero-order valence-electron chi connectivity index (χ0n) is 13.8. The summed E-state index contributed by atoms with van der Waals surface area (Å²) in [4.78, 5) is 14.4. The minimum absolute atomic E-state index is 0.126. The van der Waals surface area contributed by atoms with E-state index in [0.717, 1.165) is 21.5 Å². The zero-order valence-corrected chi connectivity index (χ0v) is 13.8. The summed E-state index contributed by atoms with van der Waals surface area (Å²) in [6.07, 6.45) is -6.43. The van der Waals surface area contributed by atoms with E-state index in [-0.39, 0.29) is 13.2 Å². The maximum Gasteiger partial charge on any atom is 0.416 e. The van der Waals surface area contributed by atoms with Crippen LogP contribution in [0.5, 0.6) is 0 Å². The van der Waals surface area contributed by atoms with Crippen molar-refractivity contribution < 1.29 is 22.7 Å². The number of ether oxygens (including phenoxy) is 1. The van der Waals surface area contributed by atoms with E-state index in [1.54, 1.807) is 0 Å². The molecule has 0 spiro atoms. The van der Waals surface area contributed by atoms with E-state index in [2.05, 4.69) is 0 Å². The lowest BCUT2D eigenvalue weighted by atomic mass is 9.95. The Bertz CT molecular complexity index is 930. The standard InChI is InChI=1S/C20H16F3NO2/c21-20(22,23)17-12-24(9-10-26-17)19(25)18-15-7-3-1-5-13(15)11-14-6-2-4-8-16(14)18/h1-8,11,17H,9-10,12H2. The van der Waals surface area contributed by atoms with Crippen LogP contribution < -0.4 is 0 Å². The molecule has 0 N–H and O–H groups in total. The van der Waals surface area contributed by atoms with Gasteiger partial charge in [-0.15, -0.1) is 0 Å². The van der Waals surface area contributed by atoms with Crippen molar-refractivity contribution in [3.63, 3.8) is 0 Å². The van der Waals surface area contributed by atoms with E-state index in [0.29, 0.717) is 5.56 Å². The highest BCUT2D eigenvalue weighted by Gasteiger charge is 2.44. The summed E-state index contributed by atoms with van der Waals surface area (Å²) in [6.45, 7) is -0.471. The molecule has 1 aliphatic rings. The largest absolute Gasteiger partial charge is 0.416 e. The van der Waals surface area contributed by atoms with Crippen LogP contribution in [0, 0.1) is 0 Å². The van der Waals surface area contributed by atoms with Gasteiger partial charge in [0.05, 0.1) is 18.7 Å². The normalized spacial score (nSPS) is 18.4. The molecule has 1 atom stereocenters. The number of hydrogen-bond acceptors (Lipinski definition) is 2. The highest BCUT2D eigenvalue weighted by atomic mass is 19.4. The van der Waals surface area contributed by atoms with Crippen LogP contribution in [-0.2, 0) is 4.74 Å². The van der Waals surface area contributed by atoms with E-state index < -0.39 is 24.7 Å². The van der Waals surface area contributed by atoms with E-state index in [1.165, 1.54) is 4.90 Å². The number of carbonyl (C=O) groups is 1. The Kier molecular flexibility index (Phi) is 4.07. The Morgan fingerprint density at radius 1 is 1.00 bits per heavy atom. The number of morpholine rings is 1. The third-order valence-electron chi connectivity index (χ3n) is 4.70. The molecular weight excluding hydrogens is 343 g/mol. The summed E-state index contributed by atoms with van der Waals surface area (Å²) in [5.74, 6) is -0.393. The van der Waals surface area contributed by atoms with Gasteiger partial charge in [-0.25, -0.2) is 0 Å². The van der Waals surface area contributed by atoms with Gasteiger partial charge >= 0.3 is 6.18 Å². The molecule has 1 saturated heterocycles. The highest BCUT2D eigenvalue weighted by molar-refractivity contribution is 6.18. The number of amides is 1. The van der Waals surface area contributed by atoms with Crippen LogP contribution in [-0.4, -0.2) is 42.8 Å². The van der Waals surface area contributed by atoms with Gasteiger partial charge < -0.3 is 9.64 Å². The van der Waals surface area contributed by atoms with Gasteiger partial charge in [0, 0.05) is 6.54 Å². The first-order chi connectivity index (χ1) is 12.4. The molecule has 4 rings (SSSR count). The molecule has 26 heavy (non-hydrogen) atoms. The van der Waals surface area contributed by atoms with Gasteiger partial charge in [0.2, 0.25) is 0 Å². The number of rotatable bonds is 1. The van der Waals surface area contributed by atoms with Gasteiger partial charge in [-0.05, 0) is 27.6 Å². The molecule has 134 valence electrons. The van der Waals surface area contributed by atoms with E-state index in [9.17, 15) is 18.0 Å². The topological polar surface area (TPSA) is 29.5 Å². The summed E-state index contributed by atoms with van der Waals surface area (Å²) in [6, 6.07) is 16.8. The first kappa shape index (κ1) is 16.8. The van der Waals surface area contributed by atoms with Gasteiger partial charge in [-0.3, -0.25) is 4.79 Å². The third kappa shape index (κ3) is 2.90. The molecule has 6 heteroatoms. The van der Waals surface area contributed by atoms with Crippen LogP contribution in [0.1, 0.15) is 10.4 Å². The Morgan fingerprint density at radius 3 is 2.15 bits per heavy atom. The van der Waals surface area contributed by atoms with E-state index in [1.807, 2.05) is 54.6 Å². The van der Waals surface area contributed by atoms with Crippen LogP contribution in [0.15, 0.2) is 54.6 Å². The SMILES string of the molecule is O=C(c1c2ccccc2cc2ccccc12)N1CCOC(C(F)(F)F)C1. The lowest BCUT2D eigenvalue weighted by molar-refractivity contribution is -0.233. The van der Waals surface area contributed by atoms with Crippen molar-refractivity contribution in [3.8, 4) is 0 Å². The zero-order chi connectivity index (χ0) is 18.3. The van der Waals surface area contributed by atoms with Gasteiger partial charge in [0.15, 0.2) is 6.10 Å². The minimum Gasteiger partial charge on any atom is -0.365 e. The average Bonchev–Trinajstić information content (AvgIpc) is 2.65. The molecule has 0 bridgehead atoms. The van der Waals surface area contributed by atoms with Crippen molar-refractivity contribution in [2.75, 3.05) is 19.7 Å². The summed E-state index contributed by atoms with van der Waals surface area (Å²) in [5.41, 5.74) is 0.446. The highest BCUT2D eigenvalue weighted by Crippen LogP contribution is 2.31. The van der Waals surface area contributed by atoms with Crippen LogP contribution in [0.25, 0.3) is 21.5 Å². The molecule has 3 aromatic carbocycles. The second-order valence-corrected chi connectivity index (χ2v) is 6.35. The fourth-order valence-electron chi connectivity index (χ4n) is 3.43. The average molecular weight is 359 g/mol. The predicted molar refractivity (Wildman–Crippen MR) is 93.2 cm³/mol. The second-order valence-electron chi connectivity index (χ2n) is 6.35. The van der Waals surface area contributed by atoms with Crippen molar-refractivity contribution >= 4 is 27.5 Å². The quantitative estimate of drug-likeness (QED) is 0.603. The van der Waals surface area contributed by atoms with Crippen LogP contribution in [0.4, 0.5) is 13.2 Å². The molecular formula is C20H16F3NO2. The Labute approximate surface area is 148 Å². The number of benzene rings is 3. The minimum atomic E-state index is -4.49. The van der Waals surface area contributed by atoms with Gasteiger partial charge in [-0.1, -0.05) is 48.5 Å². The lowest BCUT2D eigenvalue weighted by Crippen LogP contribution is -2.51. The Balaban J connectivity index is 1.83. The van der Waals surface area contributed by atoms with E-state index in [4.69, 9.17) is 4.74 Å². The molecule has 1 amide bonds. The monoisotopic (exact) mass is 359 g/mol. The second kappa shape index (κ2) is 6.29. The van der Waals surface area contributed by atoms with Gasteiger partial charge in [0.25, 0.3) is 5.91 Å². The maximum absolute atomic E-state index is 13.2. The smallest absolute Gasteiger partial charge is 0.365 e. The van der Waals surface area contributed by atoms with Crippen LogP contribution in [0.2, 0.25) is 0 Å². The first-order valence-electron chi connectivity index (χ1n) is 8.33. The summed E-state index contributed by atoms with van der Waals surface area (Å²) in [5, 5.41) is 3.25. The summed E-state index contributed by atoms with van der Waals surface area (Å²) >= 11 is 0. The molecule has 0 aliphatic carbocycles. The van der Waals surface area contributed by atoms with Gasteiger partial charge in [0.1, 0.15) is 0 Å². The first-order valence-corrected chi connectivity index (χ1v) is 8.33. The van der Waals surface area contributed by atoms with Crippen molar-refractivity contribution in [3.05, 3.63) is 60.2 Å². The number of nitrogens with zero attached hydrogens (tertiary/aromatic N) is 1. The summed E-state index contributed by atoms with van der Waals surface area (Å²) in [7, 11) is 0. The number of carbonyl (C=O) groups excluding carboxylic acids is 1. The molecule has 3 nitrogen and oxygen atoms in total. The molecule has 0 aromatic heterocycles. The molecule has 1 aliphatic heterocycles. The maximum atomic E-state index is 13.2. The predicted octanol–water partition coefficient (Wildman–Crippen LogP) is 4.40. The number of hydrogen-bond donors (Lipinski definition) is 0. The van der Waals surface area contributed by atoms with Gasteiger partial charge in [-0.2, -0.15) is 13.2 Å². The lowest BCUT2D eigenvalue weighted by Gasteiger charge is -2.34. The van der Waals surface area contributed by atoms with Crippen molar-refractivity contribution in [1.29, 1.82) is 0 Å². The third-order valence-corrected chi connectivity index (χ3v) is 4.70. The number of halogens is 3. The fourth-order valence-corrected chi connectivity index (χ4v) is 3.43. The Morgan fingerprint density at radius 2 is 1.58 bits per heavy atom. The molecule has 3 aromatic rings.